The van der Waals surface area contributed by atoms with E-state index in [1.54, 1.807) is 17.4 Å². The van der Waals surface area contributed by atoms with Gasteiger partial charge in [-0.25, -0.2) is 4.39 Å². The summed E-state index contributed by atoms with van der Waals surface area (Å²) < 4.78 is 13.3. The van der Waals surface area contributed by atoms with Crippen molar-refractivity contribution in [2.75, 3.05) is 7.05 Å². The van der Waals surface area contributed by atoms with Crippen molar-refractivity contribution in [1.29, 1.82) is 0 Å². The lowest BCUT2D eigenvalue weighted by Gasteiger charge is -2.16. The predicted molar refractivity (Wildman–Crippen MR) is 71.4 cm³/mol. The minimum atomic E-state index is -0.266. The Labute approximate surface area is 109 Å². The second-order valence-electron chi connectivity index (χ2n) is 3.84. The van der Waals surface area contributed by atoms with Crippen LogP contribution in [0.5, 0.6) is 0 Å². The highest BCUT2D eigenvalue weighted by molar-refractivity contribution is 7.12. The number of aryl methyl sites for hydroxylation is 1. The molecule has 1 unspecified atom stereocenters. The van der Waals surface area contributed by atoms with Crippen LogP contribution in [0.25, 0.3) is 0 Å². The molecule has 0 fully saturated rings. The van der Waals surface area contributed by atoms with E-state index in [0.29, 0.717) is 5.02 Å². The van der Waals surface area contributed by atoms with Crippen molar-refractivity contribution in [3.63, 3.8) is 0 Å². The molecule has 0 saturated carbocycles. The molecule has 0 amide bonds. The fraction of sp³-hybridized carbons (Fsp3) is 0.231. The zero-order valence-electron chi connectivity index (χ0n) is 9.63. The molecule has 1 N–H and O–H groups in total. The van der Waals surface area contributed by atoms with Gasteiger partial charge in [0.25, 0.3) is 0 Å². The van der Waals surface area contributed by atoms with Gasteiger partial charge < -0.3 is 5.32 Å². The van der Waals surface area contributed by atoms with Crippen LogP contribution in [-0.4, -0.2) is 7.05 Å². The molecule has 0 aliphatic carbocycles. The van der Waals surface area contributed by atoms with Gasteiger partial charge in [-0.05, 0) is 49.9 Å². The van der Waals surface area contributed by atoms with Crippen molar-refractivity contribution >= 4 is 22.9 Å². The van der Waals surface area contributed by atoms with Crippen LogP contribution < -0.4 is 5.32 Å². The Bertz CT molecular complexity index is 524. The van der Waals surface area contributed by atoms with Crippen molar-refractivity contribution in [3.05, 3.63) is 56.5 Å². The molecule has 1 atom stereocenters. The van der Waals surface area contributed by atoms with Gasteiger partial charge in [0, 0.05) is 14.8 Å². The largest absolute Gasteiger partial charge is 0.309 e. The molecule has 17 heavy (non-hydrogen) atoms. The lowest BCUT2D eigenvalue weighted by atomic mass is 10.1. The van der Waals surface area contributed by atoms with Gasteiger partial charge in [0.05, 0.1) is 6.04 Å². The third-order valence-electron chi connectivity index (χ3n) is 2.60. The molecule has 1 nitrogen and oxygen atoms in total. The van der Waals surface area contributed by atoms with Crippen LogP contribution in [0, 0.1) is 12.7 Å². The second kappa shape index (κ2) is 5.17. The molecule has 1 heterocycles. The van der Waals surface area contributed by atoms with E-state index in [-0.39, 0.29) is 11.9 Å². The monoisotopic (exact) mass is 269 g/mol. The molecule has 0 aliphatic heterocycles. The Morgan fingerprint density at radius 3 is 2.65 bits per heavy atom. The maximum absolute atomic E-state index is 13.3. The van der Waals surface area contributed by atoms with Crippen LogP contribution in [0.15, 0.2) is 30.3 Å². The Kier molecular flexibility index (Phi) is 3.82. The molecule has 0 radical (unpaired) electrons. The highest BCUT2D eigenvalue weighted by atomic mass is 35.5. The van der Waals surface area contributed by atoms with Gasteiger partial charge in [0.2, 0.25) is 0 Å². The molecule has 90 valence electrons. The maximum Gasteiger partial charge on any atom is 0.123 e. The summed E-state index contributed by atoms with van der Waals surface area (Å²) >= 11 is 7.81. The van der Waals surface area contributed by atoms with Crippen molar-refractivity contribution in [1.82, 2.24) is 5.32 Å². The molecular weight excluding hydrogens is 257 g/mol. The number of nitrogens with one attached hydrogen (secondary N) is 1. The summed E-state index contributed by atoms with van der Waals surface area (Å²) in [6.07, 6.45) is 0. The van der Waals surface area contributed by atoms with E-state index in [1.165, 1.54) is 17.0 Å². The van der Waals surface area contributed by atoms with E-state index >= 15 is 0 Å². The van der Waals surface area contributed by atoms with Crippen LogP contribution in [0.3, 0.4) is 0 Å². The van der Waals surface area contributed by atoms with Gasteiger partial charge in [-0.15, -0.1) is 11.3 Å². The number of hydrogen-bond donors (Lipinski definition) is 1. The maximum atomic E-state index is 13.3. The molecule has 0 aliphatic rings. The summed E-state index contributed by atoms with van der Waals surface area (Å²) in [7, 11) is 1.85. The zero-order valence-corrected chi connectivity index (χ0v) is 11.2. The molecule has 0 spiro atoms. The van der Waals surface area contributed by atoms with Gasteiger partial charge in [-0.2, -0.15) is 0 Å². The van der Waals surface area contributed by atoms with Crippen molar-refractivity contribution in [2.24, 2.45) is 0 Å². The topological polar surface area (TPSA) is 12.0 Å². The highest BCUT2D eigenvalue weighted by Crippen LogP contribution is 2.32. The van der Waals surface area contributed by atoms with E-state index in [9.17, 15) is 4.39 Å². The number of hydrogen-bond acceptors (Lipinski definition) is 2. The minimum absolute atomic E-state index is 0.0584. The summed E-state index contributed by atoms with van der Waals surface area (Å²) in [5, 5.41) is 3.76. The Hall–Kier alpha value is -0.900. The number of halogens is 2. The molecule has 1 aromatic heterocycles. The lowest BCUT2D eigenvalue weighted by molar-refractivity contribution is 0.618. The molecule has 4 heteroatoms. The number of rotatable bonds is 3. The SMILES string of the molecule is CNC(c1ccc(C)s1)c1cc(F)ccc1Cl. The lowest BCUT2D eigenvalue weighted by Crippen LogP contribution is -2.17. The van der Waals surface area contributed by atoms with Crippen molar-refractivity contribution in [3.8, 4) is 0 Å². The second-order valence-corrected chi connectivity index (χ2v) is 5.56. The van der Waals surface area contributed by atoms with Crippen LogP contribution in [-0.2, 0) is 0 Å². The number of thiophene rings is 1. The van der Waals surface area contributed by atoms with E-state index in [4.69, 9.17) is 11.6 Å². The van der Waals surface area contributed by atoms with E-state index in [0.717, 1.165) is 10.4 Å². The first-order valence-electron chi connectivity index (χ1n) is 5.30. The molecule has 0 bridgehead atoms. The highest BCUT2D eigenvalue weighted by Gasteiger charge is 2.17. The molecule has 0 saturated heterocycles. The smallest absolute Gasteiger partial charge is 0.123 e. The van der Waals surface area contributed by atoms with Crippen LogP contribution in [0.2, 0.25) is 5.02 Å². The molecule has 2 rings (SSSR count). The fourth-order valence-corrected chi connectivity index (χ4v) is 3.03. The first-order chi connectivity index (χ1) is 8.11. The Morgan fingerprint density at radius 1 is 1.29 bits per heavy atom. The van der Waals surface area contributed by atoms with Crippen LogP contribution in [0.4, 0.5) is 4.39 Å². The van der Waals surface area contributed by atoms with Crippen LogP contribution >= 0.6 is 22.9 Å². The standard InChI is InChI=1S/C13H13ClFNS/c1-8-3-6-12(17-8)13(16-2)10-7-9(15)4-5-11(10)14/h3-7,13,16H,1-2H3. The first-order valence-corrected chi connectivity index (χ1v) is 6.50. The zero-order chi connectivity index (χ0) is 12.4. The van der Waals surface area contributed by atoms with Crippen molar-refractivity contribution in [2.45, 2.75) is 13.0 Å². The summed E-state index contributed by atoms with van der Waals surface area (Å²) in [4.78, 5) is 2.37. The fourth-order valence-electron chi connectivity index (χ4n) is 1.80. The Morgan fingerprint density at radius 2 is 2.06 bits per heavy atom. The average Bonchev–Trinajstić information content (AvgIpc) is 2.71. The number of benzene rings is 1. The van der Waals surface area contributed by atoms with E-state index < -0.39 is 0 Å². The molecular formula is C13H13ClFNS. The van der Waals surface area contributed by atoms with E-state index in [1.807, 2.05) is 20.0 Å². The molecule has 2 aromatic rings. The predicted octanol–water partition coefficient (Wildman–Crippen LogP) is 4.16. The third-order valence-corrected chi connectivity index (χ3v) is 4.01. The summed E-state index contributed by atoms with van der Waals surface area (Å²) in [6, 6.07) is 8.49. The van der Waals surface area contributed by atoms with Gasteiger partial charge in [-0.3, -0.25) is 0 Å². The summed E-state index contributed by atoms with van der Waals surface area (Å²) in [5.74, 6) is -0.266. The summed E-state index contributed by atoms with van der Waals surface area (Å²) in [5.41, 5.74) is 0.774. The normalized spacial score (nSPS) is 12.7. The summed E-state index contributed by atoms with van der Waals surface area (Å²) in [6.45, 7) is 2.05. The first kappa shape index (κ1) is 12.6. The van der Waals surface area contributed by atoms with E-state index in [2.05, 4.69) is 11.4 Å². The minimum Gasteiger partial charge on any atom is -0.309 e. The quantitative estimate of drug-likeness (QED) is 0.882. The Balaban J connectivity index is 2.45. The van der Waals surface area contributed by atoms with Gasteiger partial charge in [0.1, 0.15) is 5.82 Å². The van der Waals surface area contributed by atoms with Gasteiger partial charge >= 0.3 is 0 Å². The van der Waals surface area contributed by atoms with Crippen LogP contribution in [0.1, 0.15) is 21.4 Å². The average molecular weight is 270 g/mol. The van der Waals surface area contributed by atoms with Gasteiger partial charge in [-0.1, -0.05) is 11.6 Å². The van der Waals surface area contributed by atoms with Gasteiger partial charge in [0.15, 0.2) is 0 Å². The molecule has 1 aromatic carbocycles. The van der Waals surface area contributed by atoms with Crippen molar-refractivity contribution < 1.29 is 4.39 Å². The third kappa shape index (κ3) is 2.68.